The quantitative estimate of drug-likeness (QED) is 0.728. The van der Waals surface area contributed by atoms with Crippen molar-refractivity contribution in [2.45, 2.75) is 17.7 Å². The minimum Gasteiger partial charge on any atom is -0.328 e. The fraction of sp³-hybridized carbons (Fsp3) is 0.444. The van der Waals surface area contributed by atoms with E-state index in [1.54, 1.807) is 24.2 Å². The SMILES string of the molecule is O=c1ccc(SN2CCCC2)c[nH]1. The predicted molar refractivity (Wildman–Crippen MR) is 53.7 cm³/mol. The molecule has 1 N–H and O–H groups in total. The lowest BCUT2D eigenvalue weighted by molar-refractivity contribution is 0.586. The molecule has 13 heavy (non-hydrogen) atoms. The Kier molecular flexibility index (Phi) is 2.71. The van der Waals surface area contributed by atoms with Crippen molar-refractivity contribution in [2.75, 3.05) is 13.1 Å². The second-order valence-corrected chi connectivity index (χ2v) is 4.29. The van der Waals surface area contributed by atoms with E-state index in [9.17, 15) is 4.79 Å². The molecule has 2 rings (SSSR count). The van der Waals surface area contributed by atoms with Gasteiger partial charge in [-0.05, 0) is 30.9 Å². The first-order valence-corrected chi connectivity index (χ1v) is 5.23. The van der Waals surface area contributed by atoms with E-state index in [-0.39, 0.29) is 5.56 Å². The van der Waals surface area contributed by atoms with Crippen LogP contribution in [0.5, 0.6) is 0 Å². The first-order valence-electron chi connectivity index (χ1n) is 4.46. The van der Waals surface area contributed by atoms with E-state index >= 15 is 0 Å². The molecule has 70 valence electrons. The molecule has 0 spiro atoms. The standard InChI is InChI=1S/C9H12N2OS/c12-9-4-3-8(7-10-9)13-11-5-1-2-6-11/h3-4,7H,1-2,5-6H2,(H,10,12). The summed E-state index contributed by atoms with van der Waals surface area (Å²) < 4.78 is 2.33. The lowest BCUT2D eigenvalue weighted by atomic mass is 10.4. The van der Waals surface area contributed by atoms with Gasteiger partial charge in [0.2, 0.25) is 5.56 Å². The summed E-state index contributed by atoms with van der Waals surface area (Å²) >= 11 is 1.72. The Morgan fingerprint density at radius 1 is 1.31 bits per heavy atom. The number of hydrogen-bond donors (Lipinski definition) is 1. The zero-order chi connectivity index (χ0) is 9.10. The van der Waals surface area contributed by atoms with Crippen molar-refractivity contribution in [3.8, 4) is 0 Å². The number of pyridine rings is 1. The van der Waals surface area contributed by atoms with Crippen molar-refractivity contribution in [1.82, 2.24) is 9.29 Å². The zero-order valence-corrected chi connectivity index (χ0v) is 8.14. The Morgan fingerprint density at radius 3 is 2.69 bits per heavy atom. The van der Waals surface area contributed by atoms with Crippen LogP contribution in [0, 0.1) is 0 Å². The molecule has 0 saturated carbocycles. The van der Waals surface area contributed by atoms with Crippen LogP contribution in [0.2, 0.25) is 0 Å². The van der Waals surface area contributed by atoms with Crippen molar-refractivity contribution in [2.24, 2.45) is 0 Å². The van der Waals surface area contributed by atoms with E-state index in [1.165, 1.54) is 12.8 Å². The average molecular weight is 196 g/mol. The summed E-state index contributed by atoms with van der Waals surface area (Å²) in [6, 6.07) is 3.43. The minimum atomic E-state index is -0.0363. The van der Waals surface area contributed by atoms with Gasteiger partial charge < -0.3 is 4.98 Å². The van der Waals surface area contributed by atoms with E-state index in [4.69, 9.17) is 0 Å². The molecular formula is C9H12N2OS. The predicted octanol–water partition coefficient (Wildman–Crippen LogP) is 1.48. The molecule has 1 aliphatic heterocycles. The summed E-state index contributed by atoms with van der Waals surface area (Å²) in [5.41, 5.74) is -0.0363. The number of nitrogens with zero attached hydrogens (tertiary/aromatic N) is 1. The van der Waals surface area contributed by atoms with Crippen LogP contribution < -0.4 is 5.56 Å². The lowest BCUT2D eigenvalue weighted by Gasteiger charge is -2.12. The van der Waals surface area contributed by atoms with Crippen molar-refractivity contribution in [3.05, 3.63) is 28.7 Å². The Bertz CT molecular complexity index is 310. The van der Waals surface area contributed by atoms with Crippen molar-refractivity contribution in [1.29, 1.82) is 0 Å². The lowest BCUT2D eigenvalue weighted by Crippen LogP contribution is -2.09. The second-order valence-electron chi connectivity index (χ2n) is 3.12. The Balaban J connectivity index is 2.00. The molecule has 0 aromatic carbocycles. The molecule has 0 unspecified atom stereocenters. The van der Waals surface area contributed by atoms with Crippen LogP contribution in [0.3, 0.4) is 0 Å². The number of hydrogen-bond acceptors (Lipinski definition) is 3. The molecule has 0 atom stereocenters. The van der Waals surface area contributed by atoms with Crippen LogP contribution in [0.4, 0.5) is 0 Å². The molecule has 1 aliphatic rings. The zero-order valence-electron chi connectivity index (χ0n) is 7.32. The van der Waals surface area contributed by atoms with Gasteiger partial charge in [0, 0.05) is 30.2 Å². The van der Waals surface area contributed by atoms with Gasteiger partial charge in [-0.25, -0.2) is 4.31 Å². The van der Waals surface area contributed by atoms with Gasteiger partial charge in [-0.1, -0.05) is 0 Å². The first kappa shape index (κ1) is 8.84. The monoisotopic (exact) mass is 196 g/mol. The summed E-state index contributed by atoms with van der Waals surface area (Å²) in [5.74, 6) is 0. The van der Waals surface area contributed by atoms with E-state index in [0.29, 0.717) is 0 Å². The Morgan fingerprint density at radius 2 is 2.08 bits per heavy atom. The third-order valence-corrected chi connectivity index (χ3v) is 3.14. The Labute approximate surface area is 81.3 Å². The molecule has 2 heterocycles. The maximum Gasteiger partial charge on any atom is 0.247 e. The van der Waals surface area contributed by atoms with Gasteiger partial charge in [0.05, 0.1) is 0 Å². The van der Waals surface area contributed by atoms with Crippen molar-refractivity contribution >= 4 is 11.9 Å². The molecule has 3 nitrogen and oxygen atoms in total. The van der Waals surface area contributed by atoms with Crippen LogP contribution in [-0.2, 0) is 0 Å². The number of nitrogens with one attached hydrogen (secondary N) is 1. The number of aromatic nitrogens is 1. The van der Waals surface area contributed by atoms with E-state index in [0.717, 1.165) is 18.0 Å². The van der Waals surface area contributed by atoms with Crippen LogP contribution in [0.15, 0.2) is 28.0 Å². The van der Waals surface area contributed by atoms with E-state index < -0.39 is 0 Å². The van der Waals surface area contributed by atoms with E-state index in [2.05, 4.69) is 9.29 Å². The molecule has 4 heteroatoms. The number of aromatic amines is 1. The molecular weight excluding hydrogens is 184 g/mol. The molecule has 0 radical (unpaired) electrons. The van der Waals surface area contributed by atoms with Gasteiger partial charge in [0.15, 0.2) is 0 Å². The highest BCUT2D eigenvalue weighted by atomic mass is 32.2. The van der Waals surface area contributed by atoms with Gasteiger partial charge in [-0.2, -0.15) is 0 Å². The highest BCUT2D eigenvalue weighted by Crippen LogP contribution is 2.24. The molecule has 1 aromatic rings. The normalized spacial score (nSPS) is 17.8. The third kappa shape index (κ3) is 2.35. The van der Waals surface area contributed by atoms with Gasteiger partial charge in [-0.3, -0.25) is 4.79 Å². The van der Waals surface area contributed by atoms with Gasteiger partial charge in [-0.15, -0.1) is 0 Å². The van der Waals surface area contributed by atoms with Crippen LogP contribution >= 0.6 is 11.9 Å². The number of H-pyrrole nitrogens is 1. The van der Waals surface area contributed by atoms with Crippen LogP contribution in [0.25, 0.3) is 0 Å². The van der Waals surface area contributed by atoms with Crippen LogP contribution in [0.1, 0.15) is 12.8 Å². The fourth-order valence-electron chi connectivity index (χ4n) is 1.38. The molecule has 1 saturated heterocycles. The summed E-state index contributed by atoms with van der Waals surface area (Å²) in [6.07, 6.45) is 4.35. The van der Waals surface area contributed by atoms with Gasteiger partial charge in [0.25, 0.3) is 0 Å². The van der Waals surface area contributed by atoms with Gasteiger partial charge in [0.1, 0.15) is 0 Å². The fourth-order valence-corrected chi connectivity index (χ4v) is 2.36. The number of rotatable bonds is 2. The smallest absolute Gasteiger partial charge is 0.247 e. The van der Waals surface area contributed by atoms with Crippen molar-refractivity contribution < 1.29 is 0 Å². The van der Waals surface area contributed by atoms with E-state index in [1.807, 2.05) is 6.07 Å². The summed E-state index contributed by atoms with van der Waals surface area (Å²) in [6.45, 7) is 2.31. The summed E-state index contributed by atoms with van der Waals surface area (Å²) in [7, 11) is 0. The van der Waals surface area contributed by atoms with Crippen LogP contribution in [-0.4, -0.2) is 22.4 Å². The minimum absolute atomic E-state index is 0.0363. The van der Waals surface area contributed by atoms with Crippen molar-refractivity contribution in [3.63, 3.8) is 0 Å². The second kappa shape index (κ2) is 3.98. The topological polar surface area (TPSA) is 36.1 Å². The molecule has 1 fully saturated rings. The maximum absolute atomic E-state index is 10.8. The molecule has 0 aliphatic carbocycles. The third-order valence-electron chi connectivity index (χ3n) is 2.06. The maximum atomic E-state index is 10.8. The largest absolute Gasteiger partial charge is 0.328 e. The van der Waals surface area contributed by atoms with Gasteiger partial charge >= 0.3 is 0 Å². The highest BCUT2D eigenvalue weighted by Gasteiger charge is 2.12. The molecule has 0 amide bonds. The molecule has 1 aromatic heterocycles. The molecule has 0 bridgehead atoms. The average Bonchev–Trinajstić information content (AvgIpc) is 2.62. The summed E-state index contributed by atoms with van der Waals surface area (Å²) in [4.78, 5) is 14.6. The Hall–Kier alpha value is -0.740. The first-order chi connectivity index (χ1) is 6.34. The summed E-state index contributed by atoms with van der Waals surface area (Å²) in [5, 5.41) is 0. The highest BCUT2D eigenvalue weighted by molar-refractivity contribution is 7.97.